The SMILES string of the molecule is CCC(C)C(N)C(=O)N1CCCC1C(=O)N1CCCC1C(=O)NC(Cc1ccccc1)C(=O)O. The number of aliphatic carboxylic acids is 1. The van der Waals surface area contributed by atoms with Gasteiger partial charge < -0.3 is 26.0 Å². The van der Waals surface area contributed by atoms with Gasteiger partial charge in [-0.1, -0.05) is 50.6 Å². The predicted molar refractivity (Wildman–Crippen MR) is 127 cm³/mol. The molecule has 9 heteroatoms. The van der Waals surface area contributed by atoms with E-state index in [0.717, 1.165) is 12.0 Å². The average molecular weight is 473 g/mol. The fourth-order valence-electron chi connectivity index (χ4n) is 4.79. The van der Waals surface area contributed by atoms with Crippen LogP contribution in [0.4, 0.5) is 0 Å². The molecule has 2 saturated heterocycles. The van der Waals surface area contributed by atoms with Gasteiger partial charge in [0.15, 0.2) is 0 Å². The quantitative estimate of drug-likeness (QED) is 0.494. The van der Waals surface area contributed by atoms with Crippen LogP contribution in [-0.2, 0) is 25.6 Å². The van der Waals surface area contributed by atoms with Crippen molar-refractivity contribution in [3.05, 3.63) is 35.9 Å². The van der Waals surface area contributed by atoms with Gasteiger partial charge in [-0.25, -0.2) is 4.79 Å². The molecule has 3 amide bonds. The van der Waals surface area contributed by atoms with Gasteiger partial charge in [-0.3, -0.25) is 14.4 Å². The summed E-state index contributed by atoms with van der Waals surface area (Å²) >= 11 is 0. The van der Waals surface area contributed by atoms with Gasteiger partial charge in [0.2, 0.25) is 17.7 Å². The molecule has 2 aliphatic heterocycles. The molecular weight excluding hydrogens is 436 g/mol. The molecule has 1 aromatic carbocycles. The first-order valence-corrected chi connectivity index (χ1v) is 12.2. The highest BCUT2D eigenvalue weighted by atomic mass is 16.4. The highest BCUT2D eigenvalue weighted by molar-refractivity contribution is 5.95. The van der Waals surface area contributed by atoms with Crippen molar-refractivity contribution in [2.24, 2.45) is 11.7 Å². The molecule has 2 heterocycles. The number of rotatable bonds is 9. The van der Waals surface area contributed by atoms with Gasteiger partial charge in [0.1, 0.15) is 18.1 Å². The molecular formula is C25H36N4O5. The van der Waals surface area contributed by atoms with Gasteiger partial charge in [-0.05, 0) is 37.2 Å². The number of carbonyl (C=O) groups is 4. The van der Waals surface area contributed by atoms with Gasteiger partial charge >= 0.3 is 5.97 Å². The zero-order chi connectivity index (χ0) is 24.8. The smallest absolute Gasteiger partial charge is 0.326 e. The van der Waals surface area contributed by atoms with Crippen molar-refractivity contribution in [3.8, 4) is 0 Å². The lowest BCUT2D eigenvalue weighted by Gasteiger charge is -2.33. The van der Waals surface area contributed by atoms with Crippen LogP contribution in [0.5, 0.6) is 0 Å². The van der Waals surface area contributed by atoms with E-state index in [0.29, 0.717) is 38.8 Å². The molecule has 0 radical (unpaired) electrons. The number of hydrogen-bond donors (Lipinski definition) is 3. The predicted octanol–water partition coefficient (Wildman–Crippen LogP) is 1.15. The highest BCUT2D eigenvalue weighted by Crippen LogP contribution is 2.26. The van der Waals surface area contributed by atoms with Crippen LogP contribution in [-0.4, -0.2) is 75.9 Å². The third-order valence-electron chi connectivity index (χ3n) is 7.10. The van der Waals surface area contributed by atoms with Crippen molar-refractivity contribution in [1.82, 2.24) is 15.1 Å². The topological polar surface area (TPSA) is 133 Å². The molecule has 0 bridgehead atoms. The Bertz CT molecular complexity index is 893. The van der Waals surface area contributed by atoms with Crippen molar-refractivity contribution < 1.29 is 24.3 Å². The molecule has 2 fully saturated rings. The second-order valence-electron chi connectivity index (χ2n) is 9.38. The minimum absolute atomic E-state index is 0.00623. The van der Waals surface area contributed by atoms with Crippen molar-refractivity contribution in [2.75, 3.05) is 13.1 Å². The Labute approximate surface area is 200 Å². The molecule has 1 aromatic rings. The maximum absolute atomic E-state index is 13.4. The number of carboxylic acids is 1. The number of benzene rings is 1. The summed E-state index contributed by atoms with van der Waals surface area (Å²) in [5.41, 5.74) is 6.95. The summed E-state index contributed by atoms with van der Waals surface area (Å²) in [6, 6.07) is 5.96. The summed E-state index contributed by atoms with van der Waals surface area (Å²) in [7, 11) is 0. The molecule has 0 aliphatic carbocycles. The fraction of sp³-hybridized carbons (Fsp3) is 0.600. The minimum atomic E-state index is -1.13. The van der Waals surface area contributed by atoms with E-state index in [1.807, 2.05) is 44.2 Å². The normalized spacial score (nSPS) is 22.8. The van der Waals surface area contributed by atoms with Crippen LogP contribution in [0.1, 0.15) is 51.5 Å². The number of likely N-dealkylation sites (tertiary alicyclic amines) is 2. The lowest BCUT2D eigenvalue weighted by Crippen LogP contribution is -2.57. The van der Waals surface area contributed by atoms with E-state index in [2.05, 4.69) is 5.32 Å². The summed E-state index contributed by atoms with van der Waals surface area (Å²) in [6.45, 7) is 4.77. The lowest BCUT2D eigenvalue weighted by molar-refractivity contribution is -0.148. The number of carbonyl (C=O) groups excluding carboxylic acids is 3. The summed E-state index contributed by atoms with van der Waals surface area (Å²) in [6.07, 6.45) is 3.27. The Kier molecular flexibility index (Phi) is 8.66. The average Bonchev–Trinajstić information content (AvgIpc) is 3.52. The third kappa shape index (κ3) is 5.75. The van der Waals surface area contributed by atoms with Crippen molar-refractivity contribution in [3.63, 3.8) is 0 Å². The molecule has 34 heavy (non-hydrogen) atoms. The van der Waals surface area contributed by atoms with Gasteiger partial charge in [-0.2, -0.15) is 0 Å². The molecule has 186 valence electrons. The van der Waals surface area contributed by atoms with E-state index in [9.17, 15) is 24.3 Å². The van der Waals surface area contributed by atoms with Crippen molar-refractivity contribution in [2.45, 2.75) is 76.5 Å². The maximum Gasteiger partial charge on any atom is 0.326 e. The van der Waals surface area contributed by atoms with E-state index in [1.54, 1.807) is 4.90 Å². The zero-order valence-corrected chi connectivity index (χ0v) is 20.0. The van der Waals surface area contributed by atoms with Gasteiger partial charge in [-0.15, -0.1) is 0 Å². The van der Waals surface area contributed by atoms with Gasteiger partial charge in [0, 0.05) is 19.5 Å². The fourth-order valence-corrected chi connectivity index (χ4v) is 4.79. The summed E-state index contributed by atoms with van der Waals surface area (Å²) in [4.78, 5) is 54.4. The first-order valence-electron chi connectivity index (χ1n) is 12.2. The molecule has 4 N–H and O–H groups in total. The molecule has 0 saturated carbocycles. The molecule has 0 spiro atoms. The molecule has 3 rings (SSSR count). The van der Waals surface area contributed by atoms with Crippen LogP contribution in [0.2, 0.25) is 0 Å². The largest absolute Gasteiger partial charge is 0.480 e. The van der Waals surface area contributed by atoms with Gasteiger partial charge in [0.25, 0.3) is 0 Å². The third-order valence-corrected chi connectivity index (χ3v) is 7.10. The molecule has 9 nitrogen and oxygen atoms in total. The van der Waals surface area contributed by atoms with Crippen molar-refractivity contribution in [1.29, 1.82) is 0 Å². The second-order valence-corrected chi connectivity index (χ2v) is 9.38. The Balaban J connectivity index is 1.68. The Hall–Kier alpha value is -2.94. The van der Waals surface area contributed by atoms with Crippen LogP contribution >= 0.6 is 0 Å². The minimum Gasteiger partial charge on any atom is -0.480 e. The van der Waals surface area contributed by atoms with Crippen LogP contribution < -0.4 is 11.1 Å². The monoisotopic (exact) mass is 472 g/mol. The molecule has 0 aromatic heterocycles. The summed E-state index contributed by atoms with van der Waals surface area (Å²) in [5.74, 6) is -2.07. The van der Waals surface area contributed by atoms with E-state index < -0.39 is 36.0 Å². The van der Waals surface area contributed by atoms with E-state index in [-0.39, 0.29) is 24.2 Å². The number of nitrogens with one attached hydrogen (secondary N) is 1. The van der Waals surface area contributed by atoms with Crippen LogP contribution in [0, 0.1) is 5.92 Å². The second kappa shape index (κ2) is 11.5. The van der Waals surface area contributed by atoms with E-state index in [4.69, 9.17) is 5.73 Å². The summed E-state index contributed by atoms with van der Waals surface area (Å²) < 4.78 is 0. The first kappa shape index (κ1) is 25.7. The van der Waals surface area contributed by atoms with E-state index in [1.165, 1.54) is 4.90 Å². The van der Waals surface area contributed by atoms with Crippen LogP contribution in [0.25, 0.3) is 0 Å². The van der Waals surface area contributed by atoms with Crippen LogP contribution in [0.15, 0.2) is 30.3 Å². The number of nitrogens with two attached hydrogens (primary N) is 1. The number of nitrogens with zero attached hydrogens (tertiary/aromatic N) is 2. The zero-order valence-electron chi connectivity index (χ0n) is 20.0. The van der Waals surface area contributed by atoms with Gasteiger partial charge in [0.05, 0.1) is 6.04 Å². The molecule has 5 atom stereocenters. The Morgan fingerprint density at radius 3 is 2.29 bits per heavy atom. The number of carboxylic acid groups (broad SMARTS) is 1. The standard InChI is InChI=1S/C25H36N4O5/c1-3-16(2)21(26)24(32)29-14-8-12-20(29)23(31)28-13-7-11-19(28)22(30)27-18(25(33)34)15-17-9-5-4-6-10-17/h4-6,9-10,16,18-21H,3,7-8,11-15,26H2,1-2H3,(H,27,30)(H,33,34). The number of amides is 3. The van der Waals surface area contributed by atoms with Crippen molar-refractivity contribution >= 4 is 23.7 Å². The van der Waals surface area contributed by atoms with E-state index >= 15 is 0 Å². The Morgan fingerprint density at radius 2 is 1.68 bits per heavy atom. The van der Waals surface area contributed by atoms with Crippen LogP contribution in [0.3, 0.4) is 0 Å². The maximum atomic E-state index is 13.4. The molecule has 5 unspecified atom stereocenters. The first-order chi connectivity index (χ1) is 16.2. The number of hydrogen-bond acceptors (Lipinski definition) is 5. The highest BCUT2D eigenvalue weighted by Gasteiger charge is 2.43. The Morgan fingerprint density at radius 1 is 1.06 bits per heavy atom. The lowest BCUT2D eigenvalue weighted by atomic mass is 9.98. The molecule has 2 aliphatic rings. The summed E-state index contributed by atoms with van der Waals surface area (Å²) in [5, 5.41) is 12.3.